The fourth-order valence-corrected chi connectivity index (χ4v) is 1.82. The first-order valence-corrected chi connectivity index (χ1v) is 4.33. The van der Waals surface area contributed by atoms with Crippen molar-refractivity contribution < 1.29 is 0 Å². The van der Waals surface area contributed by atoms with Gasteiger partial charge < -0.3 is 0 Å². The van der Waals surface area contributed by atoms with Crippen LogP contribution in [0.1, 0.15) is 25.7 Å². The number of hydrogen-bond donors (Lipinski definition) is 0. The summed E-state index contributed by atoms with van der Waals surface area (Å²) in [6, 6.07) is 2.96. The lowest BCUT2D eigenvalue weighted by Gasteiger charge is -2.07. The second-order valence-corrected chi connectivity index (χ2v) is 3.31. The highest BCUT2D eigenvalue weighted by Crippen LogP contribution is 2.25. The Morgan fingerprint density at radius 2 is 2.27 bits per heavy atom. The predicted molar refractivity (Wildman–Crippen MR) is 43.0 cm³/mol. The van der Waals surface area contributed by atoms with Crippen molar-refractivity contribution in [2.75, 3.05) is 0 Å². The second kappa shape index (κ2) is 3.07. The first-order valence-electron chi connectivity index (χ1n) is 4.33. The van der Waals surface area contributed by atoms with E-state index in [-0.39, 0.29) is 0 Å². The summed E-state index contributed by atoms with van der Waals surface area (Å²) >= 11 is 0. The molecule has 1 aromatic rings. The molecule has 1 aliphatic rings. The third-order valence-electron chi connectivity index (χ3n) is 2.42. The maximum atomic E-state index is 4.14. The molecule has 59 valence electrons. The van der Waals surface area contributed by atoms with Crippen molar-refractivity contribution in [3.63, 3.8) is 0 Å². The van der Waals surface area contributed by atoms with Crippen molar-refractivity contribution in [3.05, 3.63) is 18.5 Å². The molecule has 0 bridgehead atoms. The van der Waals surface area contributed by atoms with Gasteiger partial charge in [-0.25, -0.2) is 0 Å². The highest BCUT2D eigenvalue weighted by molar-refractivity contribution is 4.76. The van der Waals surface area contributed by atoms with Gasteiger partial charge >= 0.3 is 0 Å². The van der Waals surface area contributed by atoms with E-state index in [9.17, 15) is 0 Å². The molecule has 2 rings (SSSR count). The first-order chi connectivity index (χ1) is 5.45. The highest BCUT2D eigenvalue weighted by Gasteiger charge is 2.14. The van der Waals surface area contributed by atoms with Gasteiger partial charge in [-0.05, 0) is 18.8 Å². The molecule has 1 heterocycles. The lowest BCUT2D eigenvalue weighted by atomic mass is 10.1. The Bertz CT molecular complexity index is 197. The summed E-state index contributed by atoms with van der Waals surface area (Å²) in [6.07, 6.45) is 9.26. The Morgan fingerprint density at radius 1 is 1.45 bits per heavy atom. The summed E-state index contributed by atoms with van der Waals surface area (Å²) < 4.78 is 2.00. The maximum Gasteiger partial charge on any atom is 0.0569 e. The van der Waals surface area contributed by atoms with Crippen LogP contribution in [0.4, 0.5) is 0 Å². The fourth-order valence-electron chi connectivity index (χ4n) is 1.82. The summed E-state index contributed by atoms with van der Waals surface area (Å²) in [5, 5.41) is 4.14. The monoisotopic (exact) mass is 149 g/mol. The predicted octanol–water partition coefficient (Wildman–Crippen LogP) is 1.87. The van der Waals surface area contributed by atoms with E-state index in [1.807, 2.05) is 10.9 Å². The van der Waals surface area contributed by atoms with E-state index in [0.29, 0.717) is 0 Å². The number of rotatable bonds is 2. The van der Waals surface area contributed by atoms with Crippen molar-refractivity contribution in [2.45, 2.75) is 32.2 Å². The molecular weight excluding hydrogens is 136 g/mol. The molecule has 2 nitrogen and oxygen atoms in total. The molecule has 0 saturated heterocycles. The van der Waals surface area contributed by atoms with Gasteiger partial charge in [-0.3, -0.25) is 4.68 Å². The van der Waals surface area contributed by atoms with Gasteiger partial charge in [-0.15, -0.1) is 0 Å². The van der Waals surface area contributed by atoms with E-state index in [4.69, 9.17) is 0 Å². The molecule has 1 aromatic heterocycles. The largest absolute Gasteiger partial charge is 0.272 e. The smallest absolute Gasteiger partial charge is 0.0569 e. The summed E-state index contributed by atoms with van der Waals surface area (Å²) in [4.78, 5) is 0. The van der Waals surface area contributed by atoms with Crippen LogP contribution >= 0.6 is 0 Å². The number of nitrogens with zero attached hydrogens (tertiary/aromatic N) is 2. The van der Waals surface area contributed by atoms with Gasteiger partial charge in [0.05, 0.1) is 6.20 Å². The first kappa shape index (κ1) is 6.89. The summed E-state index contributed by atoms with van der Waals surface area (Å²) in [5.74, 6) is 0.878. The van der Waals surface area contributed by atoms with Crippen LogP contribution in [-0.2, 0) is 6.54 Å². The normalized spacial score (nSPS) is 19.3. The lowest BCUT2D eigenvalue weighted by Crippen LogP contribution is -2.07. The zero-order chi connectivity index (χ0) is 7.52. The van der Waals surface area contributed by atoms with E-state index in [1.54, 1.807) is 6.20 Å². The summed E-state index contributed by atoms with van der Waals surface area (Å²) in [5.41, 5.74) is 0. The van der Waals surface area contributed by atoms with Gasteiger partial charge in [0.25, 0.3) is 0 Å². The third kappa shape index (κ3) is 1.62. The Morgan fingerprint density at radius 3 is 2.91 bits per heavy atom. The van der Waals surface area contributed by atoms with Crippen LogP contribution in [0.3, 0.4) is 0 Å². The SMILES string of the molecule is [c]1cnn(CC2CCCC2)c1. The summed E-state index contributed by atoms with van der Waals surface area (Å²) in [7, 11) is 0. The van der Waals surface area contributed by atoms with E-state index < -0.39 is 0 Å². The molecule has 1 aliphatic carbocycles. The van der Waals surface area contributed by atoms with Gasteiger partial charge in [0, 0.05) is 18.8 Å². The third-order valence-corrected chi connectivity index (χ3v) is 2.42. The molecular formula is C9H13N2. The van der Waals surface area contributed by atoms with Crippen LogP contribution in [0.2, 0.25) is 0 Å². The standard InChI is InChI=1S/C9H13N2/c1-2-5-9(4-1)8-11-7-3-6-10-11/h6-7,9H,1-2,4-5,8H2. The molecule has 1 saturated carbocycles. The quantitative estimate of drug-likeness (QED) is 0.627. The zero-order valence-electron chi connectivity index (χ0n) is 6.66. The molecule has 1 radical (unpaired) electrons. The maximum absolute atomic E-state index is 4.14. The molecule has 1 fully saturated rings. The number of aromatic nitrogens is 2. The van der Waals surface area contributed by atoms with Crippen LogP contribution < -0.4 is 0 Å². The van der Waals surface area contributed by atoms with Gasteiger partial charge in [0.1, 0.15) is 0 Å². The molecule has 0 unspecified atom stereocenters. The van der Waals surface area contributed by atoms with Crippen LogP contribution in [-0.4, -0.2) is 9.78 Å². The molecule has 0 aromatic carbocycles. The van der Waals surface area contributed by atoms with E-state index >= 15 is 0 Å². The number of hydrogen-bond acceptors (Lipinski definition) is 1. The highest BCUT2D eigenvalue weighted by atomic mass is 15.3. The van der Waals surface area contributed by atoms with Crippen molar-refractivity contribution in [1.29, 1.82) is 0 Å². The van der Waals surface area contributed by atoms with E-state index in [2.05, 4.69) is 11.2 Å². The van der Waals surface area contributed by atoms with Crippen molar-refractivity contribution in [1.82, 2.24) is 9.78 Å². The van der Waals surface area contributed by atoms with Gasteiger partial charge in [0.2, 0.25) is 0 Å². The van der Waals surface area contributed by atoms with Crippen molar-refractivity contribution in [2.24, 2.45) is 5.92 Å². The van der Waals surface area contributed by atoms with Crippen molar-refractivity contribution in [3.8, 4) is 0 Å². The molecule has 0 amide bonds. The van der Waals surface area contributed by atoms with Gasteiger partial charge in [-0.2, -0.15) is 5.10 Å². The van der Waals surface area contributed by atoms with Crippen LogP contribution in [0, 0.1) is 12.0 Å². The van der Waals surface area contributed by atoms with Crippen LogP contribution in [0.25, 0.3) is 0 Å². The van der Waals surface area contributed by atoms with E-state index in [1.165, 1.54) is 25.7 Å². The minimum Gasteiger partial charge on any atom is -0.272 e. The molecule has 2 heteroatoms. The Hall–Kier alpha value is -0.790. The minimum atomic E-state index is 0.878. The Kier molecular flexibility index (Phi) is 1.93. The fraction of sp³-hybridized carbons (Fsp3) is 0.667. The van der Waals surface area contributed by atoms with E-state index in [0.717, 1.165) is 12.5 Å². The molecule has 0 aliphatic heterocycles. The Balaban J connectivity index is 1.90. The second-order valence-electron chi connectivity index (χ2n) is 3.31. The van der Waals surface area contributed by atoms with Gasteiger partial charge in [-0.1, -0.05) is 12.8 Å². The molecule has 0 atom stereocenters. The van der Waals surface area contributed by atoms with Crippen LogP contribution in [0.15, 0.2) is 12.4 Å². The Labute approximate surface area is 67.2 Å². The topological polar surface area (TPSA) is 17.8 Å². The minimum absolute atomic E-state index is 0.878. The van der Waals surface area contributed by atoms with Crippen LogP contribution in [0.5, 0.6) is 0 Å². The average molecular weight is 149 g/mol. The van der Waals surface area contributed by atoms with Gasteiger partial charge in [0.15, 0.2) is 0 Å². The van der Waals surface area contributed by atoms with Crippen molar-refractivity contribution >= 4 is 0 Å². The zero-order valence-corrected chi connectivity index (χ0v) is 6.66. The molecule has 0 N–H and O–H groups in total. The molecule has 11 heavy (non-hydrogen) atoms. The summed E-state index contributed by atoms with van der Waals surface area (Å²) in [6.45, 7) is 1.10. The lowest BCUT2D eigenvalue weighted by molar-refractivity contribution is 0.429. The average Bonchev–Trinajstić information content (AvgIpc) is 2.60. The molecule has 0 spiro atoms.